The van der Waals surface area contributed by atoms with Gasteiger partial charge in [-0.05, 0) is 18.3 Å². The average molecular weight is 195 g/mol. The van der Waals surface area contributed by atoms with Gasteiger partial charge in [0.1, 0.15) is 5.76 Å². The lowest BCUT2D eigenvalue weighted by molar-refractivity contribution is 0.258. The monoisotopic (exact) mass is 195 g/mol. The molecule has 1 unspecified atom stereocenters. The average Bonchev–Trinajstić information content (AvgIpc) is 2.41. The van der Waals surface area contributed by atoms with Gasteiger partial charge < -0.3 is 15.9 Å². The second-order valence-corrected chi connectivity index (χ2v) is 4.84. The zero-order valence-corrected chi connectivity index (χ0v) is 8.71. The van der Waals surface area contributed by atoms with E-state index in [-0.39, 0.29) is 17.3 Å². The van der Waals surface area contributed by atoms with Crippen LogP contribution in [0.5, 0.6) is 0 Å². The number of nitrogens with two attached hydrogens (primary N) is 2. The molecule has 1 aliphatic carbocycles. The fraction of sp³-hybridized carbons (Fsp3) is 0.700. The number of hydrogen-bond acceptors (Lipinski definition) is 4. The predicted octanol–water partition coefficient (Wildman–Crippen LogP) is 1.27. The van der Waals surface area contributed by atoms with Crippen molar-refractivity contribution in [2.24, 2.45) is 11.1 Å². The van der Waals surface area contributed by atoms with Crippen LogP contribution in [0, 0.1) is 5.41 Å². The SMILES string of the molecule is CC1(C)Cc2nc(N)oc2C(CN)C1. The number of aromatic nitrogens is 1. The lowest BCUT2D eigenvalue weighted by Crippen LogP contribution is -2.28. The highest BCUT2D eigenvalue weighted by Gasteiger charge is 2.35. The number of hydrogen-bond donors (Lipinski definition) is 2. The van der Waals surface area contributed by atoms with Gasteiger partial charge in [-0.1, -0.05) is 13.8 Å². The first-order valence-corrected chi connectivity index (χ1v) is 4.97. The van der Waals surface area contributed by atoms with E-state index in [1.165, 1.54) is 0 Å². The van der Waals surface area contributed by atoms with Gasteiger partial charge in [0.25, 0.3) is 6.01 Å². The number of fused-ring (bicyclic) bond motifs is 1. The van der Waals surface area contributed by atoms with Crippen molar-refractivity contribution in [1.29, 1.82) is 0 Å². The first kappa shape index (κ1) is 9.52. The number of oxazole rings is 1. The van der Waals surface area contributed by atoms with E-state index in [1.54, 1.807) is 0 Å². The molecule has 0 radical (unpaired) electrons. The van der Waals surface area contributed by atoms with Crippen molar-refractivity contribution in [3.63, 3.8) is 0 Å². The van der Waals surface area contributed by atoms with Crippen molar-refractivity contribution in [2.75, 3.05) is 12.3 Å². The molecule has 0 spiro atoms. The van der Waals surface area contributed by atoms with Crippen LogP contribution in [-0.2, 0) is 6.42 Å². The van der Waals surface area contributed by atoms with Crippen molar-refractivity contribution >= 4 is 6.01 Å². The Morgan fingerprint density at radius 3 is 2.93 bits per heavy atom. The Balaban J connectivity index is 2.40. The van der Waals surface area contributed by atoms with E-state index in [0.29, 0.717) is 6.54 Å². The van der Waals surface area contributed by atoms with E-state index in [1.807, 2.05) is 0 Å². The lowest BCUT2D eigenvalue weighted by atomic mass is 9.73. The maximum absolute atomic E-state index is 5.72. The Labute approximate surface area is 83.7 Å². The Morgan fingerprint density at radius 1 is 1.57 bits per heavy atom. The number of nitrogens with zero attached hydrogens (tertiary/aromatic N) is 1. The maximum Gasteiger partial charge on any atom is 0.292 e. The van der Waals surface area contributed by atoms with Crippen LogP contribution < -0.4 is 11.5 Å². The fourth-order valence-electron chi connectivity index (χ4n) is 2.30. The van der Waals surface area contributed by atoms with Crippen LogP contribution in [0.4, 0.5) is 6.01 Å². The smallest absolute Gasteiger partial charge is 0.292 e. The van der Waals surface area contributed by atoms with Crippen molar-refractivity contribution in [3.05, 3.63) is 11.5 Å². The summed E-state index contributed by atoms with van der Waals surface area (Å²) < 4.78 is 5.39. The van der Waals surface area contributed by atoms with Gasteiger partial charge in [0.15, 0.2) is 0 Å². The summed E-state index contributed by atoms with van der Waals surface area (Å²) in [5.41, 5.74) is 12.5. The van der Waals surface area contributed by atoms with Gasteiger partial charge in [0.2, 0.25) is 0 Å². The summed E-state index contributed by atoms with van der Waals surface area (Å²) in [6.07, 6.45) is 1.98. The van der Waals surface area contributed by atoms with Gasteiger partial charge in [0.05, 0.1) is 5.69 Å². The topological polar surface area (TPSA) is 78.1 Å². The third-order valence-corrected chi connectivity index (χ3v) is 2.84. The summed E-state index contributed by atoms with van der Waals surface area (Å²) in [5, 5.41) is 0. The van der Waals surface area contributed by atoms with Crippen LogP contribution in [0.15, 0.2) is 4.42 Å². The van der Waals surface area contributed by atoms with E-state index in [0.717, 1.165) is 24.3 Å². The van der Waals surface area contributed by atoms with Gasteiger partial charge in [-0.3, -0.25) is 0 Å². The summed E-state index contributed by atoms with van der Waals surface area (Å²) in [6, 6.07) is 0.270. The zero-order valence-electron chi connectivity index (χ0n) is 8.71. The molecule has 1 heterocycles. The summed E-state index contributed by atoms with van der Waals surface area (Å²) in [6.45, 7) is 5.05. The van der Waals surface area contributed by atoms with Crippen LogP contribution in [-0.4, -0.2) is 11.5 Å². The Bertz CT molecular complexity index is 343. The Kier molecular flexibility index (Phi) is 2.03. The molecule has 0 saturated carbocycles. The van der Waals surface area contributed by atoms with Gasteiger partial charge in [-0.2, -0.15) is 4.98 Å². The molecule has 0 saturated heterocycles. The van der Waals surface area contributed by atoms with E-state index >= 15 is 0 Å². The molecule has 0 aliphatic heterocycles. The van der Waals surface area contributed by atoms with Crippen LogP contribution in [0.3, 0.4) is 0 Å². The summed E-state index contributed by atoms with van der Waals surface area (Å²) in [4.78, 5) is 4.20. The molecular formula is C10H17N3O. The molecule has 2 rings (SSSR count). The number of rotatable bonds is 1. The molecule has 4 nitrogen and oxygen atoms in total. The largest absolute Gasteiger partial charge is 0.428 e. The first-order valence-electron chi connectivity index (χ1n) is 4.97. The molecule has 0 fully saturated rings. The Morgan fingerprint density at radius 2 is 2.29 bits per heavy atom. The predicted molar refractivity (Wildman–Crippen MR) is 54.8 cm³/mol. The van der Waals surface area contributed by atoms with Gasteiger partial charge in [0, 0.05) is 12.5 Å². The Hall–Kier alpha value is -1.03. The summed E-state index contributed by atoms with van der Waals surface area (Å²) in [5.74, 6) is 1.18. The maximum atomic E-state index is 5.72. The molecule has 1 aromatic rings. The highest BCUT2D eigenvalue weighted by atomic mass is 16.4. The molecular weight excluding hydrogens is 178 g/mol. The molecule has 1 aliphatic rings. The second kappa shape index (κ2) is 2.98. The molecule has 1 aromatic heterocycles. The molecule has 1 atom stereocenters. The highest BCUT2D eigenvalue weighted by molar-refractivity contribution is 5.27. The van der Waals surface area contributed by atoms with Crippen LogP contribution >= 0.6 is 0 Å². The third kappa shape index (κ3) is 1.50. The van der Waals surface area contributed by atoms with Crippen molar-refractivity contribution < 1.29 is 4.42 Å². The van der Waals surface area contributed by atoms with E-state index in [2.05, 4.69) is 18.8 Å². The molecule has 0 bridgehead atoms. The lowest BCUT2D eigenvalue weighted by Gasteiger charge is -2.32. The normalized spacial score (nSPS) is 24.6. The van der Waals surface area contributed by atoms with E-state index in [4.69, 9.17) is 15.9 Å². The van der Waals surface area contributed by atoms with Crippen molar-refractivity contribution in [1.82, 2.24) is 4.98 Å². The zero-order chi connectivity index (χ0) is 10.3. The standard InChI is InChI=1S/C10H17N3O/c1-10(2)3-6(5-11)8-7(4-10)13-9(12)14-8/h6H,3-5,11H2,1-2H3,(H2,12,13). The third-order valence-electron chi connectivity index (χ3n) is 2.84. The summed E-state index contributed by atoms with van der Waals surface area (Å²) >= 11 is 0. The number of nitrogen functional groups attached to an aromatic ring is 1. The first-order chi connectivity index (χ1) is 6.52. The van der Waals surface area contributed by atoms with Gasteiger partial charge in [-0.25, -0.2) is 0 Å². The van der Waals surface area contributed by atoms with E-state index in [9.17, 15) is 0 Å². The molecule has 4 N–H and O–H groups in total. The quantitative estimate of drug-likeness (QED) is 0.707. The molecule has 78 valence electrons. The summed E-state index contributed by atoms with van der Waals surface area (Å²) in [7, 11) is 0. The second-order valence-electron chi connectivity index (χ2n) is 4.84. The minimum Gasteiger partial charge on any atom is -0.428 e. The minimum atomic E-state index is 0.250. The highest BCUT2D eigenvalue weighted by Crippen LogP contribution is 2.41. The molecule has 14 heavy (non-hydrogen) atoms. The fourth-order valence-corrected chi connectivity index (χ4v) is 2.30. The molecule has 0 aromatic carbocycles. The van der Waals surface area contributed by atoms with Crippen LogP contribution in [0.25, 0.3) is 0 Å². The van der Waals surface area contributed by atoms with Gasteiger partial charge in [-0.15, -0.1) is 0 Å². The van der Waals surface area contributed by atoms with Crippen molar-refractivity contribution in [2.45, 2.75) is 32.6 Å². The van der Waals surface area contributed by atoms with Gasteiger partial charge >= 0.3 is 0 Å². The van der Waals surface area contributed by atoms with Crippen LogP contribution in [0.1, 0.15) is 37.6 Å². The minimum absolute atomic E-state index is 0.250. The van der Waals surface area contributed by atoms with Crippen LogP contribution in [0.2, 0.25) is 0 Å². The number of anilines is 1. The molecule has 4 heteroatoms. The molecule has 0 amide bonds. The van der Waals surface area contributed by atoms with E-state index < -0.39 is 0 Å². The van der Waals surface area contributed by atoms with Crippen molar-refractivity contribution in [3.8, 4) is 0 Å².